The van der Waals surface area contributed by atoms with E-state index in [-0.39, 0.29) is 13.0 Å². The zero-order chi connectivity index (χ0) is 14.6. The van der Waals surface area contributed by atoms with Gasteiger partial charge in [-0.3, -0.25) is 4.98 Å². The van der Waals surface area contributed by atoms with Gasteiger partial charge in [0, 0.05) is 25.2 Å². The van der Waals surface area contributed by atoms with Gasteiger partial charge in [0.25, 0.3) is 0 Å². The molecular formula is C13H17F3N4. The van der Waals surface area contributed by atoms with Crippen LogP contribution in [0.5, 0.6) is 0 Å². The van der Waals surface area contributed by atoms with E-state index in [2.05, 4.69) is 15.3 Å². The highest BCUT2D eigenvalue weighted by molar-refractivity contribution is 5.39. The van der Waals surface area contributed by atoms with Crippen LogP contribution < -0.4 is 10.2 Å². The van der Waals surface area contributed by atoms with Crippen LogP contribution in [0.1, 0.15) is 19.0 Å². The normalized spacial score (nSPS) is 16.2. The minimum atomic E-state index is -4.21. The maximum absolute atomic E-state index is 12.5. The van der Waals surface area contributed by atoms with Gasteiger partial charge in [0.05, 0.1) is 18.1 Å². The molecule has 0 aliphatic carbocycles. The Hall–Kier alpha value is -1.63. The first kappa shape index (κ1) is 14.8. The summed E-state index contributed by atoms with van der Waals surface area (Å²) < 4.78 is 37.6. The number of halogens is 3. The monoisotopic (exact) mass is 286 g/mol. The van der Waals surface area contributed by atoms with E-state index in [0.717, 1.165) is 12.2 Å². The lowest BCUT2D eigenvalue weighted by Crippen LogP contribution is -2.32. The number of nitrogens with zero attached hydrogens (tertiary/aromatic N) is 3. The van der Waals surface area contributed by atoms with Crippen LogP contribution in [-0.4, -0.2) is 35.8 Å². The van der Waals surface area contributed by atoms with Crippen molar-refractivity contribution in [3.05, 3.63) is 29.7 Å². The molecule has 4 nitrogen and oxygen atoms in total. The van der Waals surface area contributed by atoms with Gasteiger partial charge in [-0.15, -0.1) is 0 Å². The summed E-state index contributed by atoms with van der Waals surface area (Å²) in [5, 5.41) is 3.14. The van der Waals surface area contributed by atoms with Crippen LogP contribution >= 0.6 is 0 Å². The highest BCUT2D eigenvalue weighted by Crippen LogP contribution is 2.30. The molecule has 1 aromatic rings. The van der Waals surface area contributed by atoms with Crippen LogP contribution in [0, 0.1) is 0 Å². The van der Waals surface area contributed by atoms with Crippen molar-refractivity contribution in [3.8, 4) is 0 Å². The van der Waals surface area contributed by atoms with Crippen molar-refractivity contribution < 1.29 is 13.2 Å². The Bertz CT molecular complexity index is 467. The van der Waals surface area contributed by atoms with E-state index in [0.29, 0.717) is 18.9 Å². The third-order valence-electron chi connectivity index (χ3n) is 3.15. The van der Waals surface area contributed by atoms with Gasteiger partial charge < -0.3 is 10.2 Å². The maximum Gasteiger partial charge on any atom is 0.412 e. The lowest BCUT2D eigenvalue weighted by Gasteiger charge is -2.27. The lowest BCUT2D eigenvalue weighted by molar-refractivity contribution is -0.0944. The molecule has 110 valence electrons. The molecule has 2 rings (SSSR count). The van der Waals surface area contributed by atoms with E-state index in [1.807, 2.05) is 6.92 Å². The van der Waals surface area contributed by atoms with Gasteiger partial charge >= 0.3 is 6.18 Å². The van der Waals surface area contributed by atoms with Crippen LogP contribution in [0.25, 0.3) is 0 Å². The van der Waals surface area contributed by atoms with Crippen LogP contribution in [0.15, 0.2) is 24.0 Å². The number of aromatic nitrogens is 2. The second-order valence-corrected chi connectivity index (χ2v) is 4.57. The molecule has 0 aromatic carbocycles. The Kier molecular flexibility index (Phi) is 4.59. The van der Waals surface area contributed by atoms with E-state index in [9.17, 15) is 13.2 Å². The van der Waals surface area contributed by atoms with Gasteiger partial charge in [0.1, 0.15) is 5.82 Å². The molecule has 0 spiro atoms. The number of hydrogen-bond donors (Lipinski definition) is 1. The summed E-state index contributed by atoms with van der Waals surface area (Å²) in [6, 6.07) is 0. The molecule has 0 radical (unpaired) electrons. The van der Waals surface area contributed by atoms with Crippen molar-refractivity contribution in [1.29, 1.82) is 0 Å². The zero-order valence-corrected chi connectivity index (χ0v) is 11.2. The third-order valence-corrected chi connectivity index (χ3v) is 3.15. The first-order chi connectivity index (χ1) is 9.50. The number of alkyl halides is 3. The highest BCUT2D eigenvalue weighted by Gasteiger charge is 2.34. The molecule has 0 unspecified atom stereocenters. The number of nitrogens with one attached hydrogen (secondary N) is 1. The fourth-order valence-electron chi connectivity index (χ4n) is 1.99. The molecule has 0 bridgehead atoms. The Balaban J connectivity index is 1.98. The SMILES string of the molecule is CCNCc1cnc(N2CC=C(C(F)(F)F)CC2)cn1. The maximum atomic E-state index is 12.5. The second kappa shape index (κ2) is 6.21. The summed E-state index contributed by atoms with van der Waals surface area (Å²) in [6.07, 6.45) is 0.260. The predicted molar refractivity (Wildman–Crippen MR) is 70.4 cm³/mol. The van der Waals surface area contributed by atoms with E-state index in [4.69, 9.17) is 0 Å². The lowest BCUT2D eigenvalue weighted by atomic mass is 10.1. The molecule has 2 heterocycles. The van der Waals surface area contributed by atoms with Crippen LogP contribution in [0.3, 0.4) is 0 Å². The topological polar surface area (TPSA) is 41.1 Å². The molecule has 0 saturated heterocycles. The highest BCUT2D eigenvalue weighted by atomic mass is 19.4. The van der Waals surface area contributed by atoms with Crippen molar-refractivity contribution in [2.24, 2.45) is 0 Å². The standard InChI is InChI=1S/C13H17F3N4/c1-2-17-7-11-8-19-12(9-18-11)20-5-3-10(4-6-20)13(14,15)16/h3,8-9,17H,2,4-7H2,1H3. The first-order valence-electron chi connectivity index (χ1n) is 6.53. The molecule has 7 heteroatoms. The average Bonchev–Trinajstić information content (AvgIpc) is 2.45. The molecule has 1 aliphatic rings. The Morgan fingerprint density at radius 1 is 1.30 bits per heavy atom. The van der Waals surface area contributed by atoms with Crippen LogP contribution in [-0.2, 0) is 6.54 Å². The van der Waals surface area contributed by atoms with Gasteiger partial charge in [-0.25, -0.2) is 4.98 Å². The van der Waals surface area contributed by atoms with Crippen molar-refractivity contribution >= 4 is 5.82 Å². The van der Waals surface area contributed by atoms with Gasteiger partial charge in [-0.1, -0.05) is 13.0 Å². The summed E-state index contributed by atoms with van der Waals surface area (Å²) in [4.78, 5) is 10.3. The summed E-state index contributed by atoms with van der Waals surface area (Å²) in [5.41, 5.74) is 0.365. The largest absolute Gasteiger partial charge is 0.412 e. The van der Waals surface area contributed by atoms with Crippen LogP contribution in [0.4, 0.5) is 19.0 Å². The zero-order valence-electron chi connectivity index (χ0n) is 11.2. The number of hydrogen-bond acceptors (Lipinski definition) is 4. The quantitative estimate of drug-likeness (QED) is 0.862. The van der Waals surface area contributed by atoms with Crippen molar-refractivity contribution in [3.63, 3.8) is 0 Å². The van der Waals surface area contributed by atoms with Crippen LogP contribution in [0.2, 0.25) is 0 Å². The minimum Gasteiger partial charge on any atom is -0.351 e. The summed E-state index contributed by atoms with van der Waals surface area (Å²) >= 11 is 0. The van der Waals surface area contributed by atoms with Gasteiger partial charge in [0.2, 0.25) is 0 Å². The van der Waals surface area contributed by atoms with E-state index in [1.54, 1.807) is 17.3 Å². The van der Waals surface area contributed by atoms with Gasteiger partial charge in [-0.2, -0.15) is 13.2 Å². The molecule has 0 fully saturated rings. The van der Waals surface area contributed by atoms with Crippen molar-refractivity contribution in [2.75, 3.05) is 24.5 Å². The Morgan fingerprint density at radius 3 is 2.60 bits per heavy atom. The summed E-state index contributed by atoms with van der Waals surface area (Å²) in [5.74, 6) is 0.614. The Morgan fingerprint density at radius 2 is 2.10 bits per heavy atom. The van der Waals surface area contributed by atoms with Gasteiger partial charge in [-0.05, 0) is 13.0 Å². The minimum absolute atomic E-state index is 0.00960. The van der Waals surface area contributed by atoms with E-state index in [1.165, 1.54) is 6.08 Å². The molecule has 1 N–H and O–H groups in total. The predicted octanol–water partition coefficient (Wildman–Crippen LogP) is 2.28. The molecule has 0 saturated carbocycles. The molecule has 1 aliphatic heterocycles. The summed E-state index contributed by atoms with van der Waals surface area (Å²) in [6.45, 7) is 4.02. The molecule has 1 aromatic heterocycles. The molecule has 0 atom stereocenters. The first-order valence-corrected chi connectivity index (χ1v) is 6.53. The van der Waals surface area contributed by atoms with Crippen molar-refractivity contribution in [2.45, 2.75) is 26.1 Å². The second-order valence-electron chi connectivity index (χ2n) is 4.57. The molecule has 20 heavy (non-hydrogen) atoms. The van der Waals surface area contributed by atoms with E-state index < -0.39 is 11.7 Å². The number of anilines is 1. The van der Waals surface area contributed by atoms with E-state index >= 15 is 0 Å². The average molecular weight is 286 g/mol. The fraction of sp³-hybridized carbons (Fsp3) is 0.538. The van der Waals surface area contributed by atoms with Gasteiger partial charge in [0.15, 0.2) is 0 Å². The van der Waals surface area contributed by atoms with Crippen molar-refractivity contribution in [1.82, 2.24) is 15.3 Å². The Labute approximate surface area is 115 Å². The smallest absolute Gasteiger partial charge is 0.351 e. The molecule has 0 amide bonds. The summed E-state index contributed by atoms with van der Waals surface area (Å²) in [7, 11) is 0. The number of rotatable bonds is 4. The third kappa shape index (κ3) is 3.69. The molecular weight excluding hydrogens is 269 g/mol. The fourth-order valence-corrected chi connectivity index (χ4v) is 1.99.